The Morgan fingerprint density at radius 1 is 0.905 bits per heavy atom. The predicted octanol–water partition coefficient (Wildman–Crippen LogP) is 1.00. The number of quaternary nitrogens is 2. The minimum atomic E-state index is 0.979. The highest BCUT2D eigenvalue weighted by atomic mass is 15.3. The van der Waals surface area contributed by atoms with E-state index in [1.807, 2.05) is 4.90 Å². The van der Waals surface area contributed by atoms with E-state index < -0.39 is 0 Å². The van der Waals surface area contributed by atoms with Crippen molar-refractivity contribution in [1.82, 2.24) is 0 Å². The van der Waals surface area contributed by atoms with Crippen LogP contribution in [0.1, 0.15) is 49.7 Å². The zero-order valence-corrected chi connectivity index (χ0v) is 13.7. The predicted molar refractivity (Wildman–Crippen MR) is 87.8 cm³/mol. The normalized spacial score (nSPS) is 28.2. The lowest BCUT2D eigenvalue weighted by molar-refractivity contribution is -1.03. The van der Waals surface area contributed by atoms with Crippen molar-refractivity contribution in [3.63, 3.8) is 0 Å². The Hall–Kier alpha value is -0.860. The van der Waals surface area contributed by atoms with E-state index >= 15 is 0 Å². The Morgan fingerprint density at radius 2 is 1.57 bits per heavy atom. The molecule has 21 heavy (non-hydrogen) atoms. The first-order valence-electron chi connectivity index (χ1n) is 9.05. The Balaban J connectivity index is 1.49. The molecule has 0 radical (unpaired) electrons. The molecule has 3 rings (SSSR count). The van der Waals surface area contributed by atoms with Gasteiger partial charge in [0.2, 0.25) is 0 Å². The van der Waals surface area contributed by atoms with Gasteiger partial charge in [0.15, 0.2) is 0 Å². The highest BCUT2D eigenvalue weighted by Gasteiger charge is 2.29. The van der Waals surface area contributed by atoms with Gasteiger partial charge in [-0.15, -0.1) is 0 Å². The topological polar surface area (TPSA) is 8.88 Å². The van der Waals surface area contributed by atoms with E-state index in [1.165, 1.54) is 76.8 Å². The first-order valence-corrected chi connectivity index (χ1v) is 9.05. The molecule has 1 saturated heterocycles. The van der Waals surface area contributed by atoms with Crippen molar-refractivity contribution in [2.24, 2.45) is 0 Å². The lowest BCUT2D eigenvalue weighted by Crippen LogP contribution is -3.29. The smallest absolute Gasteiger partial charge is 0.127 e. The fourth-order valence-corrected chi connectivity index (χ4v) is 4.28. The monoisotopic (exact) mass is 288 g/mol. The Bertz CT molecular complexity index is 427. The SMILES string of the molecule is Cc1ccccc1C[NH+]1CC[NH+](C2CCCCCC2)CC1. The van der Waals surface area contributed by atoms with Crippen molar-refractivity contribution in [2.45, 2.75) is 58.0 Å². The maximum atomic E-state index is 2.31. The van der Waals surface area contributed by atoms with Crippen molar-refractivity contribution in [1.29, 1.82) is 0 Å². The third-order valence-corrected chi connectivity index (χ3v) is 5.73. The largest absolute Gasteiger partial charge is 0.323 e. The van der Waals surface area contributed by atoms with Gasteiger partial charge in [0.05, 0.1) is 6.04 Å². The van der Waals surface area contributed by atoms with Gasteiger partial charge in [0, 0.05) is 5.56 Å². The van der Waals surface area contributed by atoms with Crippen LogP contribution in [0.3, 0.4) is 0 Å². The maximum absolute atomic E-state index is 2.31. The molecule has 0 unspecified atom stereocenters. The Kier molecular flexibility index (Phi) is 5.32. The van der Waals surface area contributed by atoms with Crippen molar-refractivity contribution in [3.8, 4) is 0 Å². The number of nitrogens with one attached hydrogen (secondary N) is 2. The zero-order chi connectivity index (χ0) is 14.5. The van der Waals surface area contributed by atoms with E-state index in [9.17, 15) is 0 Å². The molecular weight excluding hydrogens is 256 g/mol. The first-order chi connectivity index (χ1) is 10.3. The summed E-state index contributed by atoms with van der Waals surface area (Å²) >= 11 is 0. The third-order valence-electron chi connectivity index (χ3n) is 5.73. The second kappa shape index (κ2) is 7.42. The van der Waals surface area contributed by atoms with E-state index in [4.69, 9.17) is 0 Å². The molecule has 0 atom stereocenters. The van der Waals surface area contributed by atoms with Crippen molar-refractivity contribution < 1.29 is 9.80 Å². The van der Waals surface area contributed by atoms with Gasteiger partial charge in [0.25, 0.3) is 0 Å². The summed E-state index contributed by atoms with van der Waals surface area (Å²) in [5.41, 5.74) is 3.01. The number of hydrogen-bond acceptors (Lipinski definition) is 0. The molecule has 1 heterocycles. The summed E-state index contributed by atoms with van der Waals surface area (Å²) in [5.74, 6) is 0. The molecule has 2 N–H and O–H groups in total. The van der Waals surface area contributed by atoms with Crippen LogP contribution < -0.4 is 9.80 Å². The molecule has 116 valence electrons. The minimum Gasteiger partial charge on any atom is -0.323 e. The highest BCUT2D eigenvalue weighted by molar-refractivity contribution is 5.24. The molecule has 2 aliphatic rings. The number of hydrogen-bond donors (Lipinski definition) is 2. The minimum absolute atomic E-state index is 0.979. The van der Waals surface area contributed by atoms with Crippen LogP contribution >= 0.6 is 0 Å². The molecule has 0 aromatic heterocycles. The van der Waals surface area contributed by atoms with Crippen LogP contribution in [0.4, 0.5) is 0 Å². The fraction of sp³-hybridized carbons (Fsp3) is 0.684. The lowest BCUT2D eigenvalue weighted by atomic mass is 10.1. The van der Waals surface area contributed by atoms with Crippen LogP contribution in [0.2, 0.25) is 0 Å². The fourth-order valence-electron chi connectivity index (χ4n) is 4.28. The summed E-state index contributed by atoms with van der Waals surface area (Å²) in [6.07, 6.45) is 8.90. The van der Waals surface area contributed by atoms with Gasteiger partial charge in [0.1, 0.15) is 32.7 Å². The molecule has 2 fully saturated rings. The molecule has 1 saturated carbocycles. The summed E-state index contributed by atoms with van der Waals surface area (Å²) in [7, 11) is 0. The number of aryl methyl sites for hydroxylation is 1. The standard InChI is InChI=1S/C19H30N2/c1-17-8-6-7-9-18(17)16-20-12-14-21(15-13-20)19-10-4-2-3-5-11-19/h6-9,19H,2-5,10-16H2,1H3/p+2. The molecule has 0 bridgehead atoms. The first kappa shape index (κ1) is 15.1. The average molecular weight is 288 g/mol. The van der Waals surface area contributed by atoms with Gasteiger partial charge in [-0.25, -0.2) is 0 Å². The molecule has 0 spiro atoms. The van der Waals surface area contributed by atoms with Gasteiger partial charge in [-0.05, 0) is 38.2 Å². The van der Waals surface area contributed by atoms with E-state index in [1.54, 1.807) is 10.5 Å². The van der Waals surface area contributed by atoms with Gasteiger partial charge in [-0.3, -0.25) is 0 Å². The van der Waals surface area contributed by atoms with Gasteiger partial charge >= 0.3 is 0 Å². The van der Waals surface area contributed by atoms with E-state index in [0.717, 1.165) is 6.04 Å². The Labute approximate surface area is 130 Å². The van der Waals surface area contributed by atoms with Crippen LogP contribution in [0.25, 0.3) is 0 Å². The third kappa shape index (κ3) is 4.08. The summed E-state index contributed by atoms with van der Waals surface area (Å²) in [5, 5.41) is 0. The molecule has 1 aliphatic carbocycles. The quantitative estimate of drug-likeness (QED) is 0.768. The molecule has 0 amide bonds. The second-order valence-electron chi connectivity index (χ2n) is 7.20. The molecule has 1 aliphatic heterocycles. The van der Waals surface area contributed by atoms with Crippen LogP contribution in [-0.2, 0) is 6.54 Å². The molecule has 2 nitrogen and oxygen atoms in total. The van der Waals surface area contributed by atoms with Crippen LogP contribution in [-0.4, -0.2) is 32.2 Å². The maximum Gasteiger partial charge on any atom is 0.127 e. The molecule has 1 aromatic carbocycles. The van der Waals surface area contributed by atoms with Crippen molar-refractivity contribution in [3.05, 3.63) is 35.4 Å². The summed E-state index contributed by atoms with van der Waals surface area (Å²) < 4.78 is 0. The van der Waals surface area contributed by atoms with Gasteiger partial charge in [-0.1, -0.05) is 37.1 Å². The molecular formula is C19H32N2+2. The Morgan fingerprint density at radius 3 is 2.24 bits per heavy atom. The summed E-state index contributed by atoms with van der Waals surface area (Å²) in [6, 6.07) is 9.89. The number of rotatable bonds is 3. The van der Waals surface area contributed by atoms with Crippen LogP contribution in [0.5, 0.6) is 0 Å². The van der Waals surface area contributed by atoms with Crippen LogP contribution in [0, 0.1) is 6.92 Å². The highest BCUT2D eigenvalue weighted by Crippen LogP contribution is 2.15. The second-order valence-corrected chi connectivity index (χ2v) is 7.20. The van der Waals surface area contributed by atoms with Crippen LogP contribution in [0.15, 0.2) is 24.3 Å². The van der Waals surface area contributed by atoms with E-state index in [2.05, 4.69) is 31.2 Å². The zero-order valence-electron chi connectivity index (χ0n) is 13.7. The van der Waals surface area contributed by atoms with E-state index in [0.29, 0.717) is 0 Å². The summed E-state index contributed by atoms with van der Waals surface area (Å²) in [6.45, 7) is 8.99. The van der Waals surface area contributed by atoms with Crippen molar-refractivity contribution >= 4 is 0 Å². The summed E-state index contributed by atoms with van der Waals surface area (Å²) in [4.78, 5) is 3.71. The van der Waals surface area contributed by atoms with Gasteiger partial charge in [-0.2, -0.15) is 0 Å². The van der Waals surface area contributed by atoms with E-state index in [-0.39, 0.29) is 0 Å². The van der Waals surface area contributed by atoms with Crippen molar-refractivity contribution in [2.75, 3.05) is 26.2 Å². The van der Waals surface area contributed by atoms with Gasteiger partial charge < -0.3 is 9.80 Å². The number of benzene rings is 1. The molecule has 1 aromatic rings. The lowest BCUT2D eigenvalue weighted by Gasteiger charge is -2.34. The average Bonchev–Trinajstić information content (AvgIpc) is 2.80. The number of piperazine rings is 1. The molecule has 2 heteroatoms.